The van der Waals surface area contributed by atoms with Gasteiger partial charge in [-0.3, -0.25) is 0 Å². The van der Waals surface area contributed by atoms with Crippen molar-refractivity contribution in [3.63, 3.8) is 0 Å². The van der Waals surface area contributed by atoms with Gasteiger partial charge < -0.3 is 10.1 Å². The molecule has 0 radical (unpaired) electrons. The molecule has 0 bridgehead atoms. The molecule has 0 unspecified atom stereocenters. The van der Waals surface area contributed by atoms with Gasteiger partial charge in [0.15, 0.2) is 0 Å². The first kappa shape index (κ1) is 18.3. The highest BCUT2D eigenvalue weighted by Crippen LogP contribution is 2.22. The van der Waals surface area contributed by atoms with Crippen molar-refractivity contribution in [2.24, 2.45) is 0 Å². The topological polar surface area (TPSA) is 21.3 Å². The molecule has 0 atom stereocenters. The van der Waals surface area contributed by atoms with Gasteiger partial charge in [-0.1, -0.05) is 63.7 Å². The van der Waals surface area contributed by atoms with E-state index in [4.69, 9.17) is 4.74 Å². The van der Waals surface area contributed by atoms with Gasteiger partial charge in [-0.25, -0.2) is 0 Å². The Bertz CT molecular complexity index is 665. The third-order valence-electron chi connectivity index (χ3n) is 4.23. The zero-order valence-corrected chi connectivity index (χ0v) is 15.4. The molecule has 2 aromatic rings. The van der Waals surface area contributed by atoms with Crippen LogP contribution in [0.1, 0.15) is 37.5 Å². The Balaban J connectivity index is 1.79. The van der Waals surface area contributed by atoms with Crippen LogP contribution in [0.25, 0.3) is 5.57 Å². The van der Waals surface area contributed by atoms with Gasteiger partial charge in [-0.15, -0.1) is 0 Å². The van der Waals surface area contributed by atoms with Gasteiger partial charge in [0.05, 0.1) is 7.11 Å². The number of rotatable bonds is 7. The van der Waals surface area contributed by atoms with Gasteiger partial charge in [-0.05, 0) is 52.8 Å². The van der Waals surface area contributed by atoms with E-state index in [2.05, 4.69) is 63.0 Å². The normalized spacial score (nSPS) is 11.3. The summed E-state index contributed by atoms with van der Waals surface area (Å²) in [5.41, 5.74) is 5.16. The summed E-state index contributed by atoms with van der Waals surface area (Å²) in [6.45, 7) is 12.6. The van der Waals surface area contributed by atoms with Crippen LogP contribution in [0, 0.1) is 0 Å². The number of ether oxygens (including phenoxy) is 1. The second-order valence-electron chi connectivity index (χ2n) is 7.21. The van der Waals surface area contributed by atoms with Gasteiger partial charge in [0.25, 0.3) is 0 Å². The van der Waals surface area contributed by atoms with Crippen molar-refractivity contribution in [2.75, 3.05) is 20.2 Å². The molecule has 0 aromatic heterocycles. The molecule has 0 aliphatic heterocycles. The van der Waals surface area contributed by atoms with Crippen LogP contribution in [-0.2, 0) is 11.8 Å². The summed E-state index contributed by atoms with van der Waals surface area (Å²) in [5, 5.41) is 3.47. The van der Waals surface area contributed by atoms with Crippen molar-refractivity contribution in [1.82, 2.24) is 5.32 Å². The fourth-order valence-electron chi connectivity index (χ4n) is 2.59. The molecule has 2 heteroatoms. The van der Waals surface area contributed by atoms with Crippen molar-refractivity contribution in [3.8, 4) is 5.75 Å². The molecule has 2 rings (SSSR count). The molecule has 0 fully saturated rings. The average molecular weight is 323 g/mol. The van der Waals surface area contributed by atoms with E-state index in [1.807, 2.05) is 18.2 Å². The molecule has 0 amide bonds. The van der Waals surface area contributed by atoms with Crippen LogP contribution in [0.2, 0.25) is 0 Å². The average Bonchev–Trinajstić information content (AvgIpc) is 2.58. The lowest BCUT2D eigenvalue weighted by Crippen LogP contribution is -2.19. The Hall–Kier alpha value is -2.06. The maximum absolute atomic E-state index is 5.26. The Labute approximate surface area is 146 Å². The van der Waals surface area contributed by atoms with E-state index in [1.54, 1.807) is 7.11 Å². The third kappa shape index (κ3) is 5.24. The van der Waals surface area contributed by atoms with Crippen LogP contribution >= 0.6 is 0 Å². The lowest BCUT2D eigenvalue weighted by molar-refractivity contribution is 0.414. The Morgan fingerprint density at radius 3 is 2.42 bits per heavy atom. The molecule has 0 spiro atoms. The number of hydrogen-bond acceptors (Lipinski definition) is 2. The van der Waals surface area contributed by atoms with Gasteiger partial charge >= 0.3 is 0 Å². The van der Waals surface area contributed by atoms with Crippen LogP contribution in [0.4, 0.5) is 0 Å². The molecular weight excluding hydrogens is 294 g/mol. The smallest absolute Gasteiger partial charge is 0.119 e. The van der Waals surface area contributed by atoms with Crippen molar-refractivity contribution in [1.29, 1.82) is 0 Å². The fraction of sp³-hybridized carbons (Fsp3) is 0.364. The predicted octanol–water partition coefficient (Wildman–Crippen LogP) is 4.84. The molecule has 2 nitrogen and oxygen atoms in total. The summed E-state index contributed by atoms with van der Waals surface area (Å²) in [6.07, 6.45) is 1.02. The van der Waals surface area contributed by atoms with E-state index in [0.717, 1.165) is 36.4 Å². The summed E-state index contributed by atoms with van der Waals surface area (Å²) in [4.78, 5) is 0. The lowest BCUT2D eigenvalue weighted by Gasteiger charge is -2.19. The molecule has 0 aliphatic carbocycles. The van der Waals surface area contributed by atoms with Crippen LogP contribution in [0.15, 0.2) is 55.1 Å². The summed E-state index contributed by atoms with van der Waals surface area (Å²) in [7, 11) is 1.69. The maximum atomic E-state index is 5.26. The summed E-state index contributed by atoms with van der Waals surface area (Å²) in [6, 6.07) is 17.0. The highest BCUT2D eigenvalue weighted by atomic mass is 16.5. The molecule has 0 heterocycles. The van der Waals surface area contributed by atoms with E-state index in [-0.39, 0.29) is 5.41 Å². The SMILES string of the molecule is C=C(CNCCc1ccc(C(C)(C)C)cc1)c1cccc(OC)c1. The minimum atomic E-state index is 0.214. The molecule has 24 heavy (non-hydrogen) atoms. The monoisotopic (exact) mass is 323 g/mol. The lowest BCUT2D eigenvalue weighted by atomic mass is 9.86. The Kier molecular flexibility index (Phi) is 6.22. The first-order valence-corrected chi connectivity index (χ1v) is 8.52. The Morgan fingerprint density at radius 1 is 1.08 bits per heavy atom. The quantitative estimate of drug-likeness (QED) is 0.736. The van der Waals surface area contributed by atoms with Crippen molar-refractivity contribution < 1.29 is 4.74 Å². The number of benzene rings is 2. The van der Waals surface area contributed by atoms with Crippen LogP contribution in [-0.4, -0.2) is 20.2 Å². The Morgan fingerprint density at radius 2 is 1.79 bits per heavy atom. The van der Waals surface area contributed by atoms with Crippen molar-refractivity contribution in [2.45, 2.75) is 32.6 Å². The van der Waals surface area contributed by atoms with Gasteiger partial charge in [0.1, 0.15) is 5.75 Å². The van der Waals surface area contributed by atoms with Crippen molar-refractivity contribution in [3.05, 3.63) is 71.8 Å². The maximum Gasteiger partial charge on any atom is 0.119 e. The molecule has 2 aromatic carbocycles. The van der Waals surface area contributed by atoms with Gasteiger partial charge in [0.2, 0.25) is 0 Å². The first-order chi connectivity index (χ1) is 11.4. The van der Waals surface area contributed by atoms with E-state index < -0.39 is 0 Å². The third-order valence-corrected chi connectivity index (χ3v) is 4.23. The number of nitrogens with one attached hydrogen (secondary N) is 1. The molecule has 0 aliphatic rings. The van der Waals surface area contributed by atoms with Gasteiger partial charge in [0, 0.05) is 6.54 Å². The summed E-state index contributed by atoms with van der Waals surface area (Å²) in [5.74, 6) is 0.868. The van der Waals surface area contributed by atoms with Gasteiger partial charge in [-0.2, -0.15) is 0 Å². The summed E-state index contributed by atoms with van der Waals surface area (Å²) >= 11 is 0. The van der Waals surface area contributed by atoms with Crippen LogP contribution in [0.5, 0.6) is 5.75 Å². The van der Waals surface area contributed by atoms with Crippen LogP contribution in [0.3, 0.4) is 0 Å². The molecule has 128 valence electrons. The van der Waals surface area contributed by atoms with E-state index in [9.17, 15) is 0 Å². The van der Waals surface area contributed by atoms with Crippen LogP contribution < -0.4 is 10.1 Å². The minimum Gasteiger partial charge on any atom is -0.497 e. The fourth-order valence-corrected chi connectivity index (χ4v) is 2.59. The largest absolute Gasteiger partial charge is 0.497 e. The first-order valence-electron chi connectivity index (χ1n) is 8.52. The second-order valence-corrected chi connectivity index (χ2v) is 7.21. The minimum absolute atomic E-state index is 0.214. The van der Waals surface area contributed by atoms with E-state index in [0.29, 0.717) is 0 Å². The zero-order valence-electron chi connectivity index (χ0n) is 15.4. The summed E-state index contributed by atoms with van der Waals surface area (Å²) < 4.78 is 5.26. The predicted molar refractivity (Wildman–Crippen MR) is 104 cm³/mol. The molecular formula is C22H29NO. The molecule has 0 saturated carbocycles. The standard InChI is InChI=1S/C22H29NO/c1-17(19-7-6-8-21(15-19)24-5)16-23-14-13-18-9-11-20(12-10-18)22(2,3)4/h6-12,15,23H,1,13-14,16H2,2-5H3. The number of methoxy groups -OCH3 is 1. The van der Waals surface area contributed by atoms with E-state index in [1.165, 1.54) is 11.1 Å². The zero-order chi connectivity index (χ0) is 17.6. The number of hydrogen-bond donors (Lipinski definition) is 1. The van der Waals surface area contributed by atoms with Crippen molar-refractivity contribution >= 4 is 5.57 Å². The molecule has 1 N–H and O–H groups in total. The second kappa shape index (κ2) is 8.16. The highest BCUT2D eigenvalue weighted by molar-refractivity contribution is 5.65. The molecule has 0 saturated heterocycles. The van der Waals surface area contributed by atoms with E-state index >= 15 is 0 Å². The highest BCUT2D eigenvalue weighted by Gasteiger charge is 2.12.